The number of amides is 1. The smallest absolute Gasteiger partial charge is 0.252 e. The van der Waals surface area contributed by atoms with Gasteiger partial charge in [0, 0.05) is 0 Å². The lowest BCUT2D eigenvalue weighted by Gasteiger charge is -2.30. The number of hydrogen-bond acceptors (Lipinski definition) is 4. The molecule has 1 aliphatic heterocycles. The highest BCUT2D eigenvalue weighted by molar-refractivity contribution is 7.99. The zero-order valence-corrected chi connectivity index (χ0v) is 11.9. The molecular formula is C14H17N3O2S. The van der Waals surface area contributed by atoms with Crippen molar-refractivity contribution in [3.63, 3.8) is 0 Å². The molecule has 0 saturated carbocycles. The van der Waals surface area contributed by atoms with E-state index in [-0.39, 0.29) is 5.91 Å². The topological polar surface area (TPSA) is 78.0 Å². The fourth-order valence-electron chi connectivity index (χ4n) is 2.35. The van der Waals surface area contributed by atoms with Crippen LogP contribution >= 0.6 is 11.8 Å². The Labute approximate surface area is 121 Å². The zero-order valence-electron chi connectivity index (χ0n) is 11.1. The van der Waals surface area contributed by atoms with Crippen LogP contribution in [0.4, 0.5) is 0 Å². The molecule has 1 saturated heterocycles. The van der Waals surface area contributed by atoms with E-state index in [9.17, 15) is 9.90 Å². The fourth-order valence-corrected chi connectivity index (χ4v) is 3.52. The number of hydrogen-bond donors (Lipinski definition) is 3. The highest BCUT2D eigenvalue weighted by atomic mass is 32.2. The lowest BCUT2D eigenvalue weighted by Crippen LogP contribution is -2.48. The lowest BCUT2D eigenvalue weighted by atomic mass is 9.96. The molecule has 2 heterocycles. The Morgan fingerprint density at radius 1 is 1.40 bits per heavy atom. The fraction of sp³-hybridized carbons (Fsp3) is 0.429. The van der Waals surface area contributed by atoms with Crippen molar-refractivity contribution in [1.82, 2.24) is 15.3 Å². The van der Waals surface area contributed by atoms with Crippen LogP contribution in [0, 0.1) is 0 Å². The summed E-state index contributed by atoms with van der Waals surface area (Å²) in [6, 6.07) is 7.72. The maximum Gasteiger partial charge on any atom is 0.252 e. The number of benzene rings is 1. The van der Waals surface area contributed by atoms with Crippen LogP contribution in [0.1, 0.15) is 18.7 Å². The minimum absolute atomic E-state index is 0.293. The summed E-state index contributed by atoms with van der Waals surface area (Å²) in [5.74, 6) is 2.06. The van der Waals surface area contributed by atoms with E-state index in [1.165, 1.54) is 0 Å². The van der Waals surface area contributed by atoms with E-state index in [0.717, 1.165) is 22.5 Å². The molecule has 0 atom stereocenters. The standard InChI is InChI=1S/C14H17N3O2S/c18-13(14(19)5-7-20-8-6-14)15-9-12-16-10-3-1-2-4-11(10)17-12/h1-4,19H,5-9H2,(H,15,18)(H,16,17). The molecule has 0 aliphatic carbocycles. The second-order valence-electron chi connectivity index (χ2n) is 5.03. The van der Waals surface area contributed by atoms with Crippen molar-refractivity contribution in [2.45, 2.75) is 25.0 Å². The van der Waals surface area contributed by atoms with E-state index in [2.05, 4.69) is 15.3 Å². The Balaban J connectivity index is 1.65. The molecule has 6 heteroatoms. The molecule has 5 nitrogen and oxygen atoms in total. The number of aromatic nitrogens is 2. The van der Waals surface area contributed by atoms with Gasteiger partial charge in [0.05, 0.1) is 17.6 Å². The van der Waals surface area contributed by atoms with E-state index in [1.807, 2.05) is 24.3 Å². The number of carbonyl (C=O) groups excluding carboxylic acids is 1. The first-order chi connectivity index (χ1) is 9.67. The molecule has 20 heavy (non-hydrogen) atoms. The van der Waals surface area contributed by atoms with Crippen LogP contribution in [0.25, 0.3) is 11.0 Å². The minimum Gasteiger partial charge on any atom is -0.380 e. The van der Waals surface area contributed by atoms with E-state index in [4.69, 9.17) is 0 Å². The monoisotopic (exact) mass is 291 g/mol. The van der Waals surface area contributed by atoms with Crippen molar-refractivity contribution in [3.8, 4) is 0 Å². The number of aromatic amines is 1. The normalized spacial score (nSPS) is 18.1. The molecule has 3 rings (SSSR count). The highest BCUT2D eigenvalue weighted by Gasteiger charge is 2.37. The number of rotatable bonds is 3. The summed E-state index contributed by atoms with van der Waals surface area (Å²) >= 11 is 1.77. The quantitative estimate of drug-likeness (QED) is 0.799. The van der Waals surface area contributed by atoms with Gasteiger partial charge in [-0.1, -0.05) is 12.1 Å². The van der Waals surface area contributed by atoms with Gasteiger partial charge in [-0.05, 0) is 36.5 Å². The van der Waals surface area contributed by atoms with Crippen molar-refractivity contribution in [3.05, 3.63) is 30.1 Å². The molecule has 2 aromatic rings. The average Bonchev–Trinajstić information content (AvgIpc) is 2.88. The Kier molecular flexibility index (Phi) is 3.67. The number of imidazole rings is 1. The Bertz CT molecular complexity index is 587. The molecule has 106 valence electrons. The van der Waals surface area contributed by atoms with E-state index < -0.39 is 5.60 Å². The first-order valence-corrected chi connectivity index (χ1v) is 7.85. The second kappa shape index (κ2) is 5.46. The van der Waals surface area contributed by atoms with Crippen LogP contribution in [-0.4, -0.2) is 38.1 Å². The summed E-state index contributed by atoms with van der Waals surface area (Å²) < 4.78 is 0. The highest BCUT2D eigenvalue weighted by Crippen LogP contribution is 2.27. The van der Waals surface area contributed by atoms with Gasteiger partial charge < -0.3 is 15.4 Å². The Hall–Kier alpha value is -1.53. The van der Waals surface area contributed by atoms with Crippen LogP contribution in [0.2, 0.25) is 0 Å². The first-order valence-electron chi connectivity index (χ1n) is 6.69. The third-order valence-electron chi connectivity index (χ3n) is 3.60. The van der Waals surface area contributed by atoms with Gasteiger partial charge in [0.1, 0.15) is 11.4 Å². The minimum atomic E-state index is -1.21. The molecule has 1 fully saturated rings. The summed E-state index contributed by atoms with van der Waals surface area (Å²) in [5.41, 5.74) is 0.617. The summed E-state index contributed by atoms with van der Waals surface area (Å²) in [6.45, 7) is 0.308. The Morgan fingerprint density at radius 3 is 2.90 bits per heavy atom. The number of carbonyl (C=O) groups is 1. The van der Waals surface area contributed by atoms with E-state index in [0.29, 0.717) is 25.2 Å². The van der Waals surface area contributed by atoms with Crippen molar-refractivity contribution >= 4 is 28.7 Å². The SMILES string of the molecule is O=C(NCc1nc2ccccc2[nH]1)C1(O)CCSCC1. The van der Waals surface area contributed by atoms with Crippen molar-refractivity contribution < 1.29 is 9.90 Å². The number of para-hydroxylation sites is 2. The molecule has 1 aliphatic rings. The number of nitrogens with zero attached hydrogens (tertiary/aromatic N) is 1. The molecule has 1 amide bonds. The van der Waals surface area contributed by atoms with Crippen LogP contribution in [-0.2, 0) is 11.3 Å². The van der Waals surface area contributed by atoms with Gasteiger partial charge in [-0.3, -0.25) is 4.79 Å². The van der Waals surface area contributed by atoms with Crippen molar-refractivity contribution in [1.29, 1.82) is 0 Å². The number of fused-ring (bicyclic) bond motifs is 1. The number of H-pyrrole nitrogens is 1. The maximum absolute atomic E-state index is 12.1. The predicted molar refractivity (Wildman–Crippen MR) is 79.4 cm³/mol. The van der Waals surface area contributed by atoms with E-state index in [1.54, 1.807) is 11.8 Å². The van der Waals surface area contributed by atoms with Crippen LogP contribution in [0.5, 0.6) is 0 Å². The van der Waals surface area contributed by atoms with Crippen LogP contribution in [0.3, 0.4) is 0 Å². The van der Waals surface area contributed by atoms with E-state index >= 15 is 0 Å². The van der Waals surface area contributed by atoms with Gasteiger partial charge in [-0.25, -0.2) is 4.98 Å². The molecule has 0 spiro atoms. The summed E-state index contributed by atoms with van der Waals surface area (Å²) in [5, 5.41) is 13.1. The third kappa shape index (κ3) is 2.66. The second-order valence-corrected chi connectivity index (χ2v) is 6.25. The molecule has 0 bridgehead atoms. The van der Waals surface area contributed by atoms with Gasteiger partial charge in [0.25, 0.3) is 5.91 Å². The largest absolute Gasteiger partial charge is 0.380 e. The molecular weight excluding hydrogens is 274 g/mol. The number of aliphatic hydroxyl groups is 1. The molecule has 1 aromatic carbocycles. The van der Waals surface area contributed by atoms with Gasteiger partial charge >= 0.3 is 0 Å². The van der Waals surface area contributed by atoms with Gasteiger partial charge in [0.2, 0.25) is 0 Å². The summed E-state index contributed by atoms with van der Waals surface area (Å²) in [7, 11) is 0. The van der Waals surface area contributed by atoms with Gasteiger partial charge in [0.15, 0.2) is 0 Å². The van der Waals surface area contributed by atoms with Crippen molar-refractivity contribution in [2.24, 2.45) is 0 Å². The summed E-state index contributed by atoms with van der Waals surface area (Å²) in [4.78, 5) is 19.6. The third-order valence-corrected chi connectivity index (χ3v) is 4.58. The summed E-state index contributed by atoms with van der Waals surface area (Å²) in [6.07, 6.45) is 1.03. The zero-order chi connectivity index (χ0) is 14.0. The molecule has 3 N–H and O–H groups in total. The molecule has 0 unspecified atom stereocenters. The van der Waals surface area contributed by atoms with Gasteiger partial charge in [-0.15, -0.1) is 0 Å². The van der Waals surface area contributed by atoms with Crippen molar-refractivity contribution in [2.75, 3.05) is 11.5 Å². The number of nitrogens with one attached hydrogen (secondary N) is 2. The van der Waals surface area contributed by atoms with Crippen LogP contribution in [0.15, 0.2) is 24.3 Å². The maximum atomic E-state index is 12.1. The number of thioether (sulfide) groups is 1. The van der Waals surface area contributed by atoms with Gasteiger partial charge in [-0.2, -0.15) is 11.8 Å². The molecule has 1 aromatic heterocycles. The first kappa shape index (κ1) is 13.5. The average molecular weight is 291 g/mol. The molecule has 0 radical (unpaired) electrons. The van der Waals surface area contributed by atoms with Crippen LogP contribution < -0.4 is 5.32 Å². The lowest BCUT2D eigenvalue weighted by molar-refractivity contribution is -0.140. The Morgan fingerprint density at radius 2 is 2.15 bits per heavy atom. The predicted octanol–water partition coefficient (Wildman–Crippen LogP) is 1.44.